The number of nitrogens with one attached hydrogen (secondary N) is 1. The molecular weight excluding hydrogens is 381 g/mol. The van der Waals surface area contributed by atoms with E-state index in [1.807, 2.05) is 4.72 Å². The Balaban J connectivity index is 2.41. The van der Waals surface area contributed by atoms with E-state index in [0.717, 1.165) is 11.4 Å². The molecule has 0 saturated carbocycles. The van der Waals surface area contributed by atoms with E-state index >= 15 is 0 Å². The van der Waals surface area contributed by atoms with Crippen molar-refractivity contribution in [1.29, 1.82) is 0 Å². The van der Waals surface area contributed by atoms with Crippen LogP contribution in [-0.2, 0) is 16.2 Å². The molecule has 0 atom stereocenters. The Kier molecular flexibility index (Phi) is 4.55. The Bertz CT molecular complexity index is 864. The molecule has 1 heterocycles. The number of anilines is 1. The molecule has 1 aromatic carbocycles. The van der Waals surface area contributed by atoms with Crippen LogP contribution < -0.4 is 4.72 Å². The minimum atomic E-state index is -4.74. The minimum Gasteiger partial charge on any atom is -0.476 e. The van der Waals surface area contributed by atoms with Gasteiger partial charge < -0.3 is 5.11 Å². The summed E-state index contributed by atoms with van der Waals surface area (Å²) in [7, 11) is -4.47. The van der Waals surface area contributed by atoms with Crippen LogP contribution in [0.2, 0.25) is 5.02 Å². The largest absolute Gasteiger partial charge is 0.476 e. The molecule has 0 saturated heterocycles. The van der Waals surface area contributed by atoms with Gasteiger partial charge in [0.1, 0.15) is 4.90 Å². The highest BCUT2D eigenvalue weighted by atomic mass is 35.5. The van der Waals surface area contributed by atoms with E-state index in [0.29, 0.717) is 23.5 Å². The second-order valence-corrected chi connectivity index (χ2v) is 7.01. The molecule has 0 aliphatic carbocycles. The van der Waals surface area contributed by atoms with Gasteiger partial charge in [-0.1, -0.05) is 11.6 Å². The van der Waals surface area contributed by atoms with Gasteiger partial charge in [0.25, 0.3) is 10.0 Å². The monoisotopic (exact) mass is 386 g/mol. The Morgan fingerprint density at radius 2 is 2.00 bits per heavy atom. The molecule has 0 fully saturated rings. The molecule has 0 spiro atoms. The number of aromatic carboxylic acids is 1. The van der Waals surface area contributed by atoms with Crippen LogP contribution in [0.25, 0.3) is 0 Å². The second-order valence-electron chi connectivity index (χ2n) is 4.09. The predicted octanol–water partition coefficient (Wildman–Crippen LogP) is 3.31. The molecule has 6 nitrogen and oxygen atoms in total. The van der Waals surface area contributed by atoms with E-state index in [9.17, 15) is 26.4 Å². The standard InChI is InChI=1S/C11H6ClF3N2O4S2/c12-6-2-1-5(11(13,14)15)3-8(6)23(20,21)17-10-16-7(4-22-10)9(18)19/h1-4H,(H,16,17)(H,18,19). The third-order valence-corrected chi connectivity index (χ3v) is 5.20. The Labute approximate surface area is 136 Å². The van der Waals surface area contributed by atoms with E-state index in [2.05, 4.69) is 4.98 Å². The van der Waals surface area contributed by atoms with Gasteiger partial charge >= 0.3 is 12.1 Å². The second kappa shape index (κ2) is 5.98. The number of aromatic nitrogens is 1. The molecule has 2 rings (SSSR count). The third-order valence-electron chi connectivity index (χ3n) is 2.49. The molecule has 2 N–H and O–H groups in total. The van der Waals surface area contributed by atoms with Crippen LogP contribution in [0.5, 0.6) is 0 Å². The van der Waals surface area contributed by atoms with Gasteiger partial charge in [0.05, 0.1) is 10.6 Å². The van der Waals surface area contributed by atoms with Crippen molar-refractivity contribution in [3.63, 3.8) is 0 Å². The molecule has 0 bridgehead atoms. The van der Waals surface area contributed by atoms with Gasteiger partial charge in [-0.15, -0.1) is 11.3 Å². The molecular formula is C11H6ClF3N2O4S2. The number of rotatable bonds is 4. The number of halogens is 4. The van der Waals surface area contributed by atoms with Crippen molar-refractivity contribution >= 4 is 44.1 Å². The summed E-state index contributed by atoms with van der Waals surface area (Å²) in [5, 5.41) is 9.06. The first-order valence-electron chi connectivity index (χ1n) is 5.59. The lowest BCUT2D eigenvalue weighted by Crippen LogP contribution is -2.15. The highest BCUT2D eigenvalue weighted by molar-refractivity contribution is 7.93. The van der Waals surface area contributed by atoms with Gasteiger partial charge in [-0.2, -0.15) is 13.2 Å². The first kappa shape index (κ1) is 17.5. The smallest absolute Gasteiger partial charge is 0.416 e. The molecule has 0 aliphatic heterocycles. The lowest BCUT2D eigenvalue weighted by molar-refractivity contribution is -0.137. The maximum absolute atomic E-state index is 12.7. The summed E-state index contributed by atoms with van der Waals surface area (Å²) < 4.78 is 64.2. The van der Waals surface area contributed by atoms with Gasteiger partial charge in [-0.3, -0.25) is 4.72 Å². The van der Waals surface area contributed by atoms with Crippen molar-refractivity contribution in [3.8, 4) is 0 Å². The van der Waals surface area contributed by atoms with Gasteiger partial charge in [0.2, 0.25) is 0 Å². The van der Waals surface area contributed by atoms with Gasteiger partial charge in [-0.25, -0.2) is 18.2 Å². The first-order valence-corrected chi connectivity index (χ1v) is 8.33. The third kappa shape index (κ3) is 3.92. The number of carbonyl (C=O) groups is 1. The number of carboxylic acids is 1. The lowest BCUT2D eigenvalue weighted by atomic mass is 10.2. The van der Waals surface area contributed by atoms with Crippen LogP contribution in [0.15, 0.2) is 28.5 Å². The number of nitrogens with zero attached hydrogens (tertiary/aromatic N) is 1. The van der Waals surface area contributed by atoms with Crippen LogP contribution in [-0.4, -0.2) is 24.5 Å². The maximum Gasteiger partial charge on any atom is 0.416 e. The lowest BCUT2D eigenvalue weighted by Gasteiger charge is -2.11. The van der Waals surface area contributed by atoms with Crippen LogP contribution in [0, 0.1) is 0 Å². The predicted molar refractivity (Wildman–Crippen MR) is 76.3 cm³/mol. The molecule has 0 amide bonds. The van der Waals surface area contributed by atoms with Crippen molar-refractivity contribution < 1.29 is 31.5 Å². The van der Waals surface area contributed by atoms with E-state index in [4.69, 9.17) is 16.7 Å². The van der Waals surface area contributed by atoms with Gasteiger partial charge in [0, 0.05) is 5.38 Å². The number of carboxylic acid groups (broad SMARTS) is 1. The Hall–Kier alpha value is -1.85. The highest BCUT2D eigenvalue weighted by Gasteiger charge is 2.33. The quantitative estimate of drug-likeness (QED) is 0.840. The van der Waals surface area contributed by atoms with E-state index < -0.39 is 43.3 Å². The van der Waals surface area contributed by atoms with Crippen molar-refractivity contribution in [2.75, 3.05) is 4.72 Å². The first-order chi connectivity index (χ1) is 10.5. The number of hydrogen-bond donors (Lipinski definition) is 2. The zero-order valence-corrected chi connectivity index (χ0v) is 13.1. The Morgan fingerprint density at radius 3 is 2.52 bits per heavy atom. The average Bonchev–Trinajstić information content (AvgIpc) is 2.85. The summed E-state index contributed by atoms with van der Waals surface area (Å²) in [5.41, 5.74) is -1.59. The van der Waals surface area contributed by atoms with Crippen LogP contribution in [0.4, 0.5) is 18.3 Å². The van der Waals surface area contributed by atoms with Crippen LogP contribution >= 0.6 is 22.9 Å². The number of sulfonamides is 1. The fourth-order valence-electron chi connectivity index (χ4n) is 1.47. The summed E-state index contributed by atoms with van der Waals surface area (Å²) in [5.74, 6) is -1.37. The zero-order valence-electron chi connectivity index (χ0n) is 10.8. The SMILES string of the molecule is O=C(O)c1csc(NS(=O)(=O)c2cc(C(F)(F)F)ccc2Cl)n1. The van der Waals surface area contributed by atoms with Crippen LogP contribution in [0.3, 0.4) is 0 Å². The molecule has 124 valence electrons. The Morgan fingerprint density at radius 1 is 1.35 bits per heavy atom. The fourth-order valence-corrected chi connectivity index (χ4v) is 3.94. The normalized spacial score (nSPS) is 12.2. The highest BCUT2D eigenvalue weighted by Crippen LogP contribution is 2.34. The molecule has 0 radical (unpaired) electrons. The summed E-state index contributed by atoms with van der Waals surface area (Å²) in [6.45, 7) is 0. The average molecular weight is 387 g/mol. The van der Waals surface area contributed by atoms with Gasteiger partial charge in [-0.05, 0) is 18.2 Å². The topological polar surface area (TPSA) is 96.4 Å². The van der Waals surface area contributed by atoms with Crippen molar-refractivity contribution in [2.45, 2.75) is 11.1 Å². The summed E-state index contributed by atoms with van der Waals surface area (Å²) in [6, 6.07) is 1.84. The fraction of sp³-hybridized carbons (Fsp3) is 0.0909. The number of benzene rings is 1. The molecule has 0 unspecified atom stereocenters. The molecule has 23 heavy (non-hydrogen) atoms. The number of hydrogen-bond acceptors (Lipinski definition) is 5. The number of alkyl halides is 3. The van der Waals surface area contributed by atoms with Crippen molar-refractivity contribution in [3.05, 3.63) is 39.9 Å². The summed E-state index contributed by atoms with van der Waals surface area (Å²) in [6.07, 6.45) is -4.74. The minimum absolute atomic E-state index is 0.309. The van der Waals surface area contributed by atoms with E-state index in [-0.39, 0.29) is 5.13 Å². The summed E-state index contributed by atoms with van der Waals surface area (Å²) >= 11 is 6.32. The van der Waals surface area contributed by atoms with Gasteiger partial charge in [0.15, 0.2) is 10.8 Å². The number of thiazole rings is 1. The molecule has 0 aliphatic rings. The van der Waals surface area contributed by atoms with E-state index in [1.54, 1.807) is 0 Å². The van der Waals surface area contributed by atoms with Crippen molar-refractivity contribution in [1.82, 2.24) is 4.98 Å². The molecule has 1 aromatic heterocycles. The van der Waals surface area contributed by atoms with E-state index in [1.165, 1.54) is 0 Å². The molecule has 2 aromatic rings. The van der Waals surface area contributed by atoms with Crippen LogP contribution in [0.1, 0.15) is 16.1 Å². The summed E-state index contributed by atoms with van der Waals surface area (Å²) in [4.78, 5) is 13.4. The maximum atomic E-state index is 12.7. The molecule has 12 heteroatoms. The van der Waals surface area contributed by atoms with Crippen molar-refractivity contribution in [2.24, 2.45) is 0 Å². The zero-order chi connectivity index (χ0) is 17.4.